The van der Waals surface area contributed by atoms with Gasteiger partial charge in [-0.2, -0.15) is 0 Å². The van der Waals surface area contributed by atoms with Crippen molar-refractivity contribution in [1.29, 1.82) is 0 Å². The van der Waals surface area contributed by atoms with E-state index in [0.717, 1.165) is 5.69 Å². The molecule has 3 nitrogen and oxygen atoms in total. The molecule has 0 aliphatic rings. The molecule has 1 rings (SSSR count). The Balaban J connectivity index is 3.02. The van der Waals surface area contributed by atoms with E-state index in [9.17, 15) is 4.79 Å². The molecule has 0 saturated carbocycles. The van der Waals surface area contributed by atoms with Crippen LogP contribution in [0.4, 0.5) is 0 Å². The lowest BCUT2D eigenvalue weighted by molar-refractivity contribution is -0.132. The van der Waals surface area contributed by atoms with E-state index in [1.165, 1.54) is 0 Å². The molecule has 0 aliphatic carbocycles. The summed E-state index contributed by atoms with van der Waals surface area (Å²) < 4.78 is 0. The van der Waals surface area contributed by atoms with Gasteiger partial charge in [-0.05, 0) is 26.0 Å². The third-order valence-corrected chi connectivity index (χ3v) is 2.60. The second-order valence-electron chi connectivity index (χ2n) is 3.85. The third kappa shape index (κ3) is 1.92. The molecule has 76 valence electrons. The number of rotatable bonds is 2. The van der Waals surface area contributed by atoms with Crippen LogP contribution in [0, 0.1) is 0 Å². The molecular formula is C11H16N2O. The highest BCUT2D eigenvalue weighted by molar-refractivity contribution is 5.73. The van der Waals surface area contributed by atoms with Gasteiger partial charge in [-0.25, -0.2) is 0 Å². The van der Waals surface area contributed by atoms with E-state index in [-0.39, 0.29) is 11.4 Å². The van der Waals surface area contributed by atoms with Crippen molar-refractivity contribution in [2.24, 2.45) is 0 Å². The van der Waals surface area contributed by atoms with Crippen LogP contribution in [0.3, 0.4) is 0 Å². The van der Waals surface area contributed by atoms with Gasteiger partial charge >= 0.3 is 0 Å². The molecule has 0 aromatic carbocycles. The molecule has 0 fully saturated rings. The van der Waals surface area contributed by atoms with Gasteiger partial charge in [-0.1, -0.05) is 6.07 Å². The minimum Gasteiger partial charge on any atom is -0.335 e. The lowest BCUT2D eigenvalue weighted by Gasteiger charge is -2.34. The summed E-state index contributed by atoms with van der Waals surface area (Å²) in [4.78, 5) is 17.2. The largest absolute Gasteiger partial charge is 0.335 e. The van der Waals surface area contributed by atoms with Crippen LogP contribution in [0.1, 0.15) is 26.5 Å². The van der Waals surface area contributed by atoms with Crippen molar-refractivity contribution in [3.8, 4) is 0 Å². The van der Waals surface area contributed by atoms with Crippen LogP contribution in [0.2, 0.25) is 0 Å². The fourth-order valence-electron chi connectivity index (χ4n) is 1.29. The second kappa shape index (κ2) is 3.78. The molecular weight excluding hydrogens is 176 g/mol. The molecule has 0 saturated heterocycles. The van der Waals surface area contributed by atoms with Crippen LogP contribution in [-0.2, 0) is 10.3 Å². The van der Waals surface area contributed by atoms with Gasteiger partial charge in [-0.15, -0.1) is 0 Å². The summed E-state index contributed by atoms with van der Waals surface area (Å²) in [5.74, 6) is 0.0423. The minimum atomic E-state index is -0.354. The fourth-order valence-corrected chi connectivity index (χ4v) is 1.29. The van der Waals surface area contributed by atoms with Crippen molar-refractivity contribution in [3.05, 3.63) is 30.1 Å². The number of aromatic nitrogens is 1. The molecule has 0 N–H and O–H groups in total. The Hall–Kier alpha value is -1.38. The van der Waals surface area contributed by atoms with Gasteiger partial charge < -0.3 is 4.90 Å². The Bertz CT molecular complexity index is 319. The first-order valence-electron chi connectivity index (χ1n) is 4.62. The van der Waals surface area contributed by atoms with Gasteiger partial charge in [0.05, 0.1) is 11.2 Å². The molecule has 1 heterocycles. The summed E-state index contributed by atoms with van der Waals surface area (Å²) >= 11 is 0. The summed E-state index contributed by atoms with van der Waals surface area (Å²) in [7, 11) is 1.79. The zero-order valence-corrected chi connectivity index (χ0v) is 9.11. The predicted molar refractivity (Wildman–Crippen MR) is 55.7 cm³/mol. The topological polar surface area (TPSA) is 33.2 Å². The van der Waals surface area contributed by atoms with E-state index in [0.29, 0.717) is 0 Å². The number of carbonyl (C=O) groups excluding carboxylic acids is 1. The number of hydrogen-bond acceptors (Lipinski definition) is 2. The molecule has 14 heavy (non-hydrogen) atoms. The first-order valence-corrected chi connectivity index (χ1v) is 4.62. The highest BCUT2D eigenvalue weighted by Crippen LogP contribution is 2.24. The number of amides is 1. The Kier molecular flexibility index (Phi) is 2.89. The van der Waals surface area contributed by atoms with Crippen LogP contribution in [-0.4, -0.2) is 22.8 Å². The monoisotopic (exact) mass is 192 g/mol. The summed E-state index contributed by atoms with van der Waals surface area (Å²) in [6.45, 7) is 5.53. The van der Waals surface area contributed by atoms with E-state index in [1.54, 1.807) is 25.1 Å². The first kappa shape index (κ1) is 10.7. The van der Waals surface area contributed by atoms with Crippen LogP contribution in [0.5, 0.6) is 0 Å². The number of nitrogens with zero attached hydrogens (tertiary/aromatic N) is 2. The van der Waals surface area contributed by atoms with Crippen molar-refractivity contribution in [1.82, 2.24) is 9.88 Å². The quantitative estimate of drug-likeness (QED) is 0.715. The zero-order valence-electron chi connectivity index (χ0n) is 9.11. The minimum absolute atomic E-state index is 0.0423. The number of hydrogen-bond donors (Lipinski definition) is 0. The Morgan fingerprint density at radius 2 is 2.07 bits per heavy atom. The van der Waals surface area contributed by atoms with Gasteiger partial charge in [0, 0.05) is 20.2 Å². The second-order valence-corrected chi connectivity index (χ2v) is 3.85. The summed E-state index contributed by atoms with van der Waals surface area (Å²) in [5.41, 5.74) is 0.547. The van der Waals surface area contributed by atoms with Crippen molar-refractivity contribution in [3.63, 3.8) is 0 Å². The summed E-state index contributed by atoms with van der Waals surface area (Å²) in [5, 5.41) is 0. The maximum atomic E-state index is 11.3. The Labute approximate surface area is 84.8 Å². The molecule has 0 atom stereocenters. The standard InChI is InChI=1S/C11H16N2O/c1-9(14)13(4)11(2,3)10-7-5-6-8-12-10/h5-8H,1-4H3. The molecule has 0 bridgehead atoms. The average Bonchev–Trinajstić information content (AvgIpc) is 2.18. The van der Waals surface area contributed by atoms with E-state index >= 15 is 0 Å². The molecule has 1 aromatic heterocycles. The maximum Gasteiger partial charge on any atom is 0.219 e. The van der Waals surface area contributed by atoms with Crippen molar-refractivity contribution in [2.75, 3.05) is 7.05 Å². The molecule has 3 heteroatoms. The van der Waals surface area contributed by atoms with Crippen LogP contribution >= 0.6 is 0 Å². The molecule has 0 radical (unpaired) electrons. The van der Waals surface area contributed by atoms with Gasteiger partial charge in [0.25, 0.3) is 0 Å². The van der Waals surface area contributed by atoms with Crippen LogP contribution < -0.4 is 0 Å². The summed E-state index contributed by atoms with van der Waals surface area (Å²) in [6.07, 6.45) is 1.74. The number of pyridine rings is 1. The maximum absolute atomic E-state index is 11.3. The van der Waals surface area contributed by atoms with Gasteiger partial charge in [0.15, 0.2) is 0 Å². The normalized spacial score (nSPS) is 11.1. The van der Waals surface area contributed by atoms with E-state index < -0.39 is 0 Å². The first-order chi connectivity index (χ1) is 6.46. The van der Waals surface area contributed by atoms with Gasteiger partial charge in [0.1, 0.15) is 0 Å². The zero-order chi connectivity index (χ0) is 10.8. The molecule has 0 aliphatic heterocycles. The highest BCUT2D eigenvalue weighted by atomic mass is 16.2. The Morgan fingerprint density at radius 3 is 2.50 bits per heavy atom. The van der Waals surface area contributed by atoms with E-state index in [4.69, 9.17) is 0 Å². The van der Waals surface area contributed by atoms with E-state index in [2.05, 4.69) is 4.98 Å². The Morgan fingerprint density at radius 1 is 1.43 bits per heavy atom. The molecule has 0 unspecified atom stereocenters. The van der Waals surface area contributed by atoms with Crippen LogP contribution in [0.15, 0.2) is 24.4 Å². The third-order valence-electron chi connectivity index (χ3n) is 2.60. The average molecular weight is 192 g/mol. The smallest absolute Gasteiger partial charge is 0.219 e. The van der Waals surface area contributed by atoms with Crippen molar-refractivity contribution >= 4 is 5.91 Å². The summed E-state index contributed by atoms with van der Waals surface area (Å²) in [6, 6.07) is 5.73. The fraction of sp³-hybridized carbons (Fsp3) is 0.455. The SMILES string of the molecule is CC(=O)N(C)C(C)(C)c1ccccn1. The molecule has 1 aromatic rings. The predicted octanol–water partition coefficient (Wildman–Crippen LogP) is 1.79. The van der Waals surface area contributed by atoms with Crippen LogP contribution in [0.25, 0.3) is 0 Å². The lowest BCUT2D eigenvalue weighted by atomic mass is 9.98. The molecule has 0 spiro atoms. The molecule has 1 amide bonds. The van der Waals surface area contributed by atoms with E-state index in [1.807, 2.05) is 32.0 Å². The van der Waals surface area contributed by atoms with Gasteiger partial charge in [-0.3, -0.25) is 9.78 Å². The van der Waals surface area contributed by atoms with Crippen molar-refractivity contribution < 1.29 is 4.79 Å². The highest BCUT2D eigenvalue weighted by Gasteiger charge is 2.28. The van der Waals surface area contributed by atoms with Gasteiger partial charge in [0.2, 0.25) is 5.91 Å². The number of carbonyl (C=O) groups is 1. The van der Waals surface area contributed by atoms with Crippen molar-refractivity contribution in [2.45, 2.75) is 26.3 Å². The lowest BCUT2D eigenvalue weighted by Crippen LogP contribution is -2.42.